The van der Waals surface area contributed by atoms with Crippen LogP contribution in [0.3, 0.4) is 0 Å². The maximum atomic E-state index is 10.6. The molecule has 1 aromatic carbocycles. The Morgan fingerprint density at radius 1 is 1.14 bits per heavy atom. The van der Waals surface area contributed by atoms with Crippen molar-refractivity contribution in [2.24, 2.45) is 0 Å². The van der Waals surface area contributed by atoms with Crippen molar-refractivity contribution >= 4 is 10.1 Å². The van der Waals surface area contributed by atoms with Crippen LogP contribution in [-0.2, 0) is 16.5 Å². The summed E-state index contributed by atoms with van der Waals surface area (Å²) in [6.45, 7) is 0. The summed E-state index contributed by atoms with van der Waals surface area (Å²) in [5, 5.41) is 0. The first-order valence-electron chi connectivity index (χ1n) is 7.74. The minimum atomic E-state index is -3.87. The second-order valence-electron chi connectivity index (χ2n) is 5.79. The largest absolute Gasteiger partial charge is 0.285 e. The average Bonchev–Trinajstić information content (AvgIpc) is 2.96. The standard InChI is InChI=1S/C17H24O3S/c18-21(19,20)14-8-2-1-3-9-15-12-6-7-13-17(15)16-10-4-5-11-16/h2,6-8,12-13,16H,1,3-5,9-11,14H2,(H,18,19,20). The fourth-order valence-corrected chi connectivity index (χ4v) is 3.49. The molecule has 1 aliphatic rings. The number of aryl methyl sites for hydroxylation is 1. The highest BCUT2D eigenvalue weighted by molar-refractivity contribution is 7.85. The minimum absolute atomic E-state index is 0.286. The fourth-order valence-electron chi connectivity index (χ4n) is 3.11. The number of hydrogen-bond donors (Lipinski definition) is 1. The van der Waals surface area contributed by atoms with E-state index < -0.39 is 10.1 Å². The van der Waals surface area contributed by atoms with Gasteiger partial charge in [-0.3, -0.25) is 4.55 Å². The highest BCUT2D eigenvalue weighted by atomic mass is 32.2. The van der Waals surface area contributed by atoms with Gasteiger partial charge in [0, 0.05) is 0 Å². The Morgan fingerprint density at radius 3 is 2.57 bits per heavy atom. The molecule has 0 aliphatic heterocycles. The molecule has 1 aliphatic carbocycles. The Hall–Kier alpha value is -1.13. The van der Waals surface area contributed by atoms with Gasteiger partial charge in [-0.1, -0.05) is 49.3 Å². The molecule has 0 heterocycles. The monoisotopic (exact) mass is 308 g/mol. The Balaban J connectivity index is 1.83. The van der Waals surface area contributed by atoms with Crippen molar-refractivity contribution in [1.29, 1.82) is 0 Å². The lowest BCUT2D eigenvalue weighted by atomic mass is 9.90. The molecule has 0 unspecified atom stereocenters. The second-order valence-corrected chi connectivity index (χ2v) is 7.29. The fraction of sp³-hybridized carbons (Fsp3) is 0.529. The number of benzene rings is 1. The van der Waals surface area contributed by atoms with Crippen LogP contribution in [0.15, 0.2) is 36.4 Å². The van der Waals surface area contributed by atoms with Gasteiger partial charge in [-0.15, -0.1) is 0 Å². The molecule has 1 aromatic rings. The third-order valence-corrected chi connectivity index (χ3v) is 4.75. The van der Waals surface area contributed by atoms with E-state index >= 15 is 0 Å². The zero-order chi connectivity index (χ0) is 15.1. The van der Waals surface area contributed by atoms with Gasteiger partial charge in [-0.05, 0) is 49.1 Å². The smallest absolute Gasteiger partial charge is 0.268 e. The normalized spacial score (nSPS) is 16.8. The van der Waals surface area contributed by atoms with E-state index in [-0.39, 0.29) is 5.75 Å². The first-order valence-corrected chi connectivity index (χ1v) is 9.35. The molecule has 0 bridgehead atoms. The molecule has 1 N–H and O–H groups in total. The molecule has 1 fully saturated rings. The average molecular weight is 308 g/mol. The van der Waals surface area contributed by atoms with E-state index in [1.807, 2.05) is 6.08 Å². The lowest BCUT2D eigenvalue weighted by Crippen LogP contribution is -2.00. The van der Waals surface area contributed by atoms with E-state index in [4.69, 9.17) is 4.55 Å². The van der Waals surface area contributed by atoms with Crippen molar-refractivity contribution in [2.45, 2.75) is 50.9 Å². The highest BCUT2D eigenvalue weighted by Gasteiger charge is 2.18. The van der Waals surface area contributed by atoms with Crippen LogP contribution in [0.2, 0.25) is 0 Å². The molecule has 3 nitrogen and oxygen atoms in total. The molecule has 2 rings (SSSR count). The number of unbranched alkanes of at least 4 members (excludes halogenated alkanes) is 1. The van der Waals surface area contributed by atoms with Gasteiger partial charge in [-0.25, -0.2) is 0 Å². The number of hydrogen-bond acceptors (Lipinski definition) is 2. The van der Waals surface area contributed by atoms with Crippen molar-refractivity contribution in [3.8, 4) is 0 Å². The maximum absolute atomic E-state index is 10.6. The molecule has 116 valence electrons. The summed E-state index contributed by atoms with van der Waals surface area (Å²) in [4.78, 5) is 0. The SMILES string of the molecule is O=S(=O)(O)CC=CCCCc1ccccc1C1CCCC1. The first kappa shape index (κ1) is 16.2. The molecule has 21 heavy (non-hydrogen) atoms. The van der Waals surface area contributed by atoms with Gasteiger partial charge in [0.05, 0.1) is 5.75 Å². The Bertz CT molecular complexity index is 569. The van der Waals surface area contributed by atoms with E-state index in [0.29, 0.717) is 0 Å². The second kappa shape index (κ2) is 7.76. The Morgan fingerprint density at radius 2 is 1.86 bits per heavy atom. The maximum Gasteiger partial charge on any atom is 0.268 e. The summed E-state index contributed by atoms with van der Waals surface area (Å²) >= 11 is 0. The van der Waals surface area contributed by atoms with Gasteiger partial charge < -0.3 is 0 Å². The molecule has 0 atom stereocenters. The van der Waals surface area contributed by atoms with Crippen LogP contribution < -0.4 is 0 Å². The Labute approximate surface area is 127 Å². The quantitative estimate of drug-likeness (QED) is 0.468. The summed E-state index contributed by atoms with van der Waals surface area (Å²) < 4.78 is 29.8. The van der Waals surface area contributed by atoms with Crippen molar-refractivity contribution in [3.63, 3.8) is 0 Å². The van der Waals surface area contributed by atoms with E-state index in [1.165, 1.54) is 42.9 Å². The molecular weight excluding hydrogens is 284 g/mol. The van der Waals surface area contributed by atoms with Crippen LogP contribution in [-0.4, -0.2) is 18.7 Å². The van der Waals surface area contributed by atoms with Crippen LogP contribution in [0.5, 0.6) is 0 Å². The highest BCUT2D eigenvalue weighted by Crippen LogP contribution is 2.36. The number of rotatable bonds is 7. The summed E-state index contributed by atoms with van der Waals surface area (Å²) in [7, 11) is -3.87. The minimum Gasteiger partial charge on any atom is -0.285 e. The van der Waals surface area contributed by atoms with Gasteiger partial charge in [0.25, 0.3) is 10.1 Å². The van der Waals surface area contributed by atoms with E-state index in [0.717, 1.165) is 25.2 Å². The lowest BCUT2D eigenvalue weighted by molar-refractivity contribution is 0.486. The summed E-state index contributed by atoms with van der Waals surface area (Å²) in [5.74, 6) is 0.447. The molecule has 0 aromatic heterocycles. The molecule has 0 amide bonds. The van der Waals surface area contributed by atoms with Gasteiger partial charge >= 0.3 is 0 Å². The van der Waals surface area contributed by atoms with Crippen LogP contribution in [0.1, 0.15) is 55.6 Å². The zero-order valence-electron chi connectivity index (χ0n) is 12.4. The van der Waals surface area contributed by atoms with Crippen LogP contribution in [0.4, 0.5) is 0 Å². The molecule has 4 heteroatoms. The van der Waals surface area contributed by atoms with Crippen molar-refractivity contribution in [2.75, 3.05) is 5.75 Å². The third kappa shape index (κ3) is 5.64. The summed E-state index contributed by atoms with van der Waals surface area (Å²) in [5.41, 5.74) is 2.95. The van der Waals surface area contributed by atoms with Crippen LogP contribution in [0, 0.1) is 0 Å². The van der Waals surface area contributed by atoms with Crippen molar-refractivity contribution < 1.29 is 13.0 Å². The van der Waals surface area contributed by atoms with Crippen LogP contribution >= 0.6 is 0 Å². The van der Waals surface area contributed by atoms with Gasteiger partial charge in [0.2, 0.25) is 0 Å². The van der Waals surface area contributed by atoms with E-state index in [1.54, 1.807) is 0 Å². The first-order chi connectivity index (χ1) is 10.1. The number of allylic oxidation sites excluding steroid dienone is 1. The van der Waals surface area contributed by atoms with Gasteiger partial charge in [0.1, 0.15) is 0 Å². The predicted molar refractivity (Wildman–Crippen MR) is 86.1 cm³/mol. The zero-order valence-corrected chi connectivity index (χ0v) is 13.2. The van der Waals surface area contributed by atoms with Gasteiger partial charge in [-0.2, -0.15) is 8.42 Å². The lowest BCUT2D eigenvalue weighted by Gasteiger charge is -2.15. The van der Waals surface area contributed by atoms with Crippen molar-refractivity contribution in [1.82, 2.24) is 0 Å². The van der Waals surface area contributed by atoms with Gasteiger partial charge in [0.15, 0.2) is 0 Å². The molecule has 0 radical (unpaired) electrons. The van der Waals surface area contributed by atoms with E-state index in [2.05, 4.69) is 24.3 Å². The Kier molecular flexibility index (Phi) is 6.00. The van der Waals surface area contributed by atoms with Crippen molar-refractivity contribution in [3.05, 3.63) is 47.5 Å². The molecule has 1 saturated carbocycles. The van der Waals surface area contributed by atoms with E-state index in [9.17, 15) is 8.42 Å². The summed E-state index contributed by atoms with van der Waals surface area (Å²) in [6, 6.07) is 8.71. The third-order valence-electron chi connectivity index (χ3n) is 4.14. The predicted octanol–water partition coefficient (Wildman–Crippen LogP) is 4.11. The van der Waals surface area contributed by atoms with Crippen LogP contribution in [0.25, 0.3) is 0 Å². The molecular formula is C17H24O3S. The summed E-state index contributed by atoms with van der Waals surface area (Å²) in [6.07, 6.45) is 11.6. The molecule has 0 spiro atoms. The topological polar surface area (TPSA) is 54.4 Å². The molecule has 0 saturated heterocycles.